The van der Waals surface area contributed by atoms with Gasteiger partial charge in [0.15, 0.2) is 0 Å². The van der Waals surface area contributed by atoms with Gasteiger partial charge in [-0.25, -0.2) is 9.78 Å². The fourth-order valence-electron chi connectivity index (χ4n) is 0.810. The van der Waals surface area contributed by atoms with Crippen LogP contribution in [0.5, 0.6) is 0 Å². The zero-order valence-electron chi connectivity index (χ0n) is 6.83. The number of rotatable bonds is 3. The Morgan fingerprint density at radius 1 is 1.83 bits per heavy atom. The molecule has 1 heterocycles. The maximum absolute atomic E-state index is 10.3. The van der Waals surface area contributed by atoms with E-state index in [1.54, 1.807) is 11.3 Å². The number of aromatic nitrogens is 1. The van der Waals surface area contributed by atoms with Crippen molar-refractivity contribution in [3.8, 4) is 0 Å². The van der Waals surface area contributed by atoms with Gasteiger partial charge in [-0.15, -0.1) is 11.3 Å². The second-order valence-corrected chi connectivity index (χ2v) is 3.73. The van der Waals surface area contributed by atoms with Gasteiger partial charge in [0, 0.05) is 24.0 Å². The van der Waals surface area contributed by atoms with Crippen LogP contribution in [-0.4, -0.2) is 17.6 Å². The molecule has 0 unspecified atom stereocenters. The number of nitrogens with one attached hydrogen (secondary N) is 1. The van der Waals surface area contributed by atoms with Crippen LogP contribution in [-0.2, 0) is 6.42 Å². The van der Waals surface area contributed by atoms with E-state index in [4.69, 9.17) is 5.73 Å². The lowest BCUT2D eigenvalue weighted by Crippen LogP contribution is -2.30. The van der Waals surface area contributed by atoms with E-state index in [1.165, 1.54) is 4.88 Å². The van der Waals surface area contributed by atoms with Crippen LogP contribution < -0.4 is 11.1 Å². The van der Waals surface area contributed by atoms with Crippen molar-refractivity contribution in [2.24, 2.45) is 5.73 Å². The summed E-state index contributed by atoms with van der Waals surface area (Å²) in [5, 5.41) is 3.54. The van der Waals surface area contributed by atoms with Crippen LogP contribution in [0.25, 0.3) is 0 Å². The van der Waals surface area contributed by atoms with Crippen molar-refractivity contribution in [1.29, 1.82) is 0 Å². The molecule has 1 aromatic heterocycles. The molecule has 0 atom stereocenters. The summed E-state index contributed by atoms with van der Waals surface area (Å²) in [5.41, 5.74) is 4.89. The number of amides is 2. The van der Waals surface area contributed by atoms with Crippen molar-refractivity contribution < 1.29 is 4.79 Å². The quantitative estimate of drug-likeness (QED) is 0.726. The number of hydrogen-bond donors (Lipinski definition) is 2. The number of aryl methyl sites for hydroxylation is 1. The summed E-state index contributed by atoms with van der Waals surface area (Å²) in [4.78, 5) is 15.6. The third-order valence-corrected chi connectivity index (χ3v) is 2.28. The maximum atomic E-state index is 10.3. The van der Waals surface area contributed by atoms with Crippen LogP contribution in [0, 0.1) is 6.92 Å². The predicted octanol–water partition coefficient (Wildman–Crippen LogP) is 0.662. The minimum Gasteiger partial charge on any atom is -0.352 e. The Bertz CT molecular complexity index is 271. The molecule has 0 saturated heterocycles. The molecule has 0 aromatic carbocycles. The van der Waals surface area contributed by atoms with Crippen LogP contribution >= 0.6 is 11.3 Å². The zero-order valence-corrected chi connectivity index (χ0v) is 7.65. The second kappa shape index (κ2) is 4.06. The molecule has 0 fully saturated rings. The normalized spacial score (nSPS) is 9.75. The zero-order chi connectivity index (χ0) is 8.97. The lowest BCUT2D eigenvalue weighted by atomic mass is 10.4. The Balaban J connectivity index is 2.29. The van der Waals surface area contributed by atoms with Gasteiger partial charge in [-0.3, -0.25) is 0 Å². The number of carbonyl (C=O) groups is 1. The van der Waals surface area contributed by atoms with E-state index >= 15 is 0 Å². The number of carbonyl (C=O) groups excluding carboxylic acids is 1. The predicted molar refractivity (Wildman–Crippen MR) is 48.1 cm³/mol. The highest BCUT2D eigenvalue weighted by molar-refractivity contribution is 7.11. The summed E-state index contributed by atoms with van der Waals surface area (Å²) in [6.45, 7) is 2.56. The lowest BCUT2D eigenvalue weighted by molar-refractivity contribution is 0.249. The molecule has 0 saturated carbocycles. The number of primary amides is 1. The van der Waals surface area contributed by atoms with Crippen LogP contribution in [0.15, 0.2) is 6.20 Å². The Morgan fingerprint density at radius 3 is 3.08 bits per heavy atom. The van der Waals surface area contributed by atoms with E-state index in [-0.39, 0.29) is 0 Å². The van der Waals surface area contributed by atoms with E-state index in [1.807, 2.05) is 13.1 Å². The monoisotopic (exact) mass is 185 g/mol. The van der Waals surface area contributed by atoms with Gasteiger partial charge in [0.05, 0.1) is 5.01 Å². The average molecular weight is 185 g/mol. The van der Waals surface area contributed by atoms with Gasteiger partial charge in [0.1, 0.15) is 0 Å². The van der Waals surface area contributed by atoms with Gasteiger partial charge in [-0.05, 0) is 6.92 Å². The molecule has 1 rings (SSSR count). The minimum atomic E-state index is -0.483. The first-order valence-corrected chi connectivity index (χ1v) is 4.45. The molecule has 3 N–H and O–H groups in total. The van der Waals surface area contributed by atoms with Crippen molar-refractivity contribution in [1.82, 2.24) is 10.3 Å². The summed E-state index contributed by atoms with van der Waals surface area (Å²) in [7, 11) is 0. The Morgan fingerprint density at radius 2 is 2.58 bits per heavy atom. The van der Waals surface area contributed by atoms with E-state index in [9.17, 15) is 4.79 Å². The van der Waals surface area contributed by atoms with Gasteiger partial charge >= 0.3 is 6.03 Å². The van der Waals surface area contributed by atoms with Crippen LogP contribution in [0.4, 0.5) is 4.79 Å². The third-order valence-electron chi connectivity index (χ3n) is 1.31. The molecule has 2 amide bonds. The largest absolute Gasteiger partial charge is 0.352 e. The Labute approximate surface area is 74.8 Å². The molecule has 12 heavy (non-hydrogen) atoms. The topological polar surface area (TPSA) is 68.0 Å². The molecular formula is C7H11N3OS. The lowest BCUT2D eigenvalue weighted by Gasteiger charge is -1.97. The van der Waals surface area contributed by atoms with E-state index in [2.05, 4.69) is 10.3 Å². The maximum Gasteiger partial charge on any atom is 0.312 e. The summed E-state index contributed by atoms with van der Waals surface area (Å²) < 4.78 is 0. The summed E-state index contributed by atoms with van der Waals surface area (Å²) >= 11 is 1.64. The molecular weight excluding hydrogens is 174 g/mol. The summed E-state index contributed by atoms with van der Waals surface area (Å²) in [6, 6.07) is -0.483. The fraction of sp³-hybridized carbons (Fsp3) is 0.429. The first-order valence-electron chi connectivity index (χ1n) is 3.63. The van der Waals surface area contributed by atoms with Crippen molar-refractivity contribution in [2.75, 3.05) is 6.54 Å². The molecule has 66 valence electrons. The molecule has 0 bridgehead atoms. The summed E-state index contributed by atoms with van der Waals surface area (Å²) in [6.07, 6.45) is 2.58. The molecule has 0 spiro atoms. The summed E-state index contributed by atoms with van der Waals surface area (Å²) in [5.74, 6) is 0. The van der Waals surface area contributed by atoms with Crippen molar-refractivity contribution in [3.05, 3.63) is 16.1 Å². The van der Waals surface area contributed by atoms with Gasteiger partial charge in [0.25, 0.3) is 0 Å². The van der Waals surface area contributed by atoms with Gasteiger partial charge in [-0.1, -0.05) is 0 Å². The molecule has 0 aliphatic rings. The van der Waals surface area contributed by atoms with E-state index in [0.717, 1.165) is 11.4 Å². The van der Waals surface area contributed by atoms with Gasteiger partial charge in [-0.2, -0.15) is 0 Å². The molecule has 1 aromatic rings. The van der Waals surface area contributed by atoms with Crippen LogP contribution in [0.2, 0.25) is 0 Å². The second-order valence-electron chi connectivity index (χ2n) is 2.41. The minimum absolute atomic E-state index is 0.483. The number of thiazole rings is 1. The Kier molecular flexibility index (Phi) is 3.04. The number of urea groups is 1. The molecule has 4 nitrogen and oxygen atoms in total. The number of nitrogens with zero attached hydrogens (tertiary/aromatic N) is 1. The van der Waals surface area contributed by atoms with Crippen LogP contribution in [0.1, 0.15) is 9.88 Å². The smallest absolute Gasteiger partial charge is 0.312 e. The van der Waals surface area contributed by atoms with Crippen LogP contribution in [0.3, 0.4) is 0 Å². The fourth-order valence-corrected chi connectivity index (χ4v) is 1.60. The Hall–Kier alpha value is -1.10. The molecule has 0 radical (unpaired) electrons. The standard InChI is InChI=1S/C7H11N3OS/c1-5-4-10-6(12-5)2-3-9-7(8)11/h4H,2-3H2,1H3,(H3,8,9,11). The SMILES string of the molecule is Cc1cnc(CCNC(N)=O)s1. The number of nitrogens with two attached hydrogens (primary N) is 1. The number of hydrogen-bond acceptors (Lipinski definition) is 3. The van der Waals surface area contributed by atoms with Crippen molar-refractivity contribution in [3.63, 3.8) is 0 Å². The van der Waals surface area contributed by atoms with E-state index in [0.29, 0.717) is 6.54 Å². The average Bonchev–Trinajstić information content (AvgIpc) is 2.35. The molecule has 0 aliphatic carbocycles. The highest BCUT2D eigenvalue weighted by Gasteiger charge is 1.98. The third kappa shape index (κ3) is 2.87. The van der Waals surface area contributed by atoms with Gasteiger partial charge in [0.2, 0.25) is 0 Å². The molecule has 5 heteroatoms. The highest BCUT2D eigenvalue weighted by Crippen LogP contribution is 2.10. The van der Waals surface area contributed by atoms with Crippen molar-refractivity contribution >= 4 is 17.4 Å². The first kappa shape index (κ1) is 8.99. The van der Waals surface area contributed by atoms with Gasteiger partial charge < -0.3 is 11.1 Å². The van der Waals surface area contributed by atoms with Crippen molar-refractivity contribution in [2.45, 2.75) is 13.3 Å². The first-order chi connectivity index (χ1) is 5.68. The molecule has 0 aliphatic heterocycles. The highest BCUT2D eigenvalue weighted by atomic mass is 32.1. The van der Waals surface area contributed by atoms with E-state index < -0.39 is 6.03 Å².